The zero-order valence-electron chi connectivity index (χ0n) is 6.72. The van der Waals surface area contributed by atoms with E-state index < -0.39 is 0 Å². The Kier molecular flexibility index (Phi) is 2.98. The second-order valence-corrected chi connectivity index (χ2v) is 2.79. The maximum absolute atomic E-state index is 8.44. The van der Waals surface area contributed by atoms with Crippen LogP contribution in [0, 0.1) is 0 Å². The molecule has 1 heterocycles. The van der Waals surface area contributed by atoms with Gasteiger partial charge in [-0.25, -0.2) is 4.98 Å². The first-order chi connectivity index (χ1) is 5.77. The standard InChI is InChI=1S/C6H8N4OS/c1-4(10-11)5-3-7-9-6(8-5)12-2/h3,11H,1-2H3/b10-4+. The highest BCUT2D eigenvalue weighted by atomic mass is 32.2. The van der Waals surface area contributed by atoms with Crippen molar-refractivity contribution in [2.45, 2.75) is 12.1 Å². The van der Waals surface area contributed by atoms with Crippen LogP contribution in [0.5, 0.6) is 0 Å². The molecule has 0 saturated carbocycles. The van der Waals surface area contributed by atoms with E-state index in [9.17, 15) is 0 Å². The molecule has 12 heavy (non-hydrogen) atoms. The van der Waals surface area contributed by atoms with Crippen molar-refractivity contribution >= 4 is 17.5 Å². The molecule has 64 valence electrons. The summed E-state index contributed by atoms with van der Waals surface area (Å²) < 4.78 is 0. The van der Waals surface area contributed by atoms with Crippen LogP contribution in [-0.4, -0.2) is 32.4 Å². The van der Waals surface area contributed by atoms with Crippen LogP contribution in [0.15, 0.2) is 16.5 Å². The molecule has 0 atom stereocenters. The van der Waals surface area contributed by atoms with E-state index in [1.165, 1.54) is 18.0 Å². The topological polar surface area (TPSA) is 71.3 Å². The van der Waals surface area contributed by atoms with Gasteiger partial charge in [-0.15, -0.1) is 5.10 Å². The smallest absolute Gasteiger partial charge is 0.209 e. The number of rotatable bonds is 2. The van der Waals surface area contributed by atoms with Gasteiger partial charge in [-0.3, -0.25) is 0 Å². The molecule has 0 saturated heterocycles. The Labute approximate surface area is 73.9 Å². The maximum atomic E-state index is 8.44. The predicted molar refractivity (Wildman–Crippen MR) is 45.6 cm³/mol. The summed E-state index contributed by atoms with van der Waals surface area (Å²) in [6.07, 6.45) is 3.31. The van der Waals surface area contributed by atoms with Crippen molar-refractivity contribution in [1.29, 1.82) is 0 Å². The van der Waals surface area contributed by atoms with Gasteiger partial charge < -0.3 is 5.21 Å². The number of hydrogen-bond acceptors (Lipinski definition) is 6. The molecule has 0 fully saturated rings. The number of nitrogens with zero attached hydrogens (tertiary/aromatic N) is 4. The molecule has 0 aliphatic rings. The van der Waals surface area contributed by atoms with Crippen molar-refractivity contribution in [2.75, 3.05) is 6.26 Å². The Morgan fingerprint density at radius 1 is 1.67 bits per heavy atom. The Bertz CT molecular complexity index is 301. The van der Waals surface area contributed by atoms with Crippen molar-refractivity contribution in [3.05, 3.63) is 11.9 Å². The molecule has 0 amide bonds. The van der Waals surface area contributed by atoms with Gasteiger partial charge in [-0.2, -0.15) is 5.10 Å². The van der Waals surface area contributed by atoms with E-state index in [0.29, 0.717) is 16.6 Å². The fourth-order valence-electron chi connectivity index (χ4n) is 0.599. The minimum atomic E-state index is 0.431. The normalized spacial score (nSPS) is 11.7. The summed E-state index contributed by atoms with van der Waals surface area (Å²) in [6, 6.07) is 0. The van der Waals surface area contributed by atoms with E-state index >= 15 is 0 Å². The van der Waals surface area contributed by atoms with Crippen LogP contribution in [0.1, 0.15) is 12.6 Å². The maximum Gasteiger partial charge on any atom is 0.209 e. The van der Waals surface area contributed by atoms with Crippen molar-refractivity contribution in [3.63, 3.8) is 0 Å². The zero-order valence-corrected chi connectivity index (χ0v) is 7.54. The Morgan fingerprint density at radius 2 is 2.42 bits per heavy atom. The molecule has 1 N–H and O–H groups in total. The molecule has 0 aromatic carbocycles. The summed E-state index contributed by atoms with van der Waals surface area (Å²) in [5.41, 5.74) is 0.969. The third kappa shape index (κ3) is 1.91. The van der Waals surface area contributed by atoms with Crippen LogP contribution in [0.2, 0.25) is 0 Å². The molecular weight excluding hydrogens is 176 g/mol. The number of hydrogen-bond donors (Lipinski definition) is 1. The summed E-state index contributed by atoms with van der Waals surface area (Å²) >= 11 is 1.39. The molecular formula is C6H8N4OS. The monoisotopic (exact) mass is 184 g/mol. The average molecular weight is 184 g/mol. The molecule has 0 aliphatic heterocycles. The highest BCUT2D eigenvalue weighted by Gasteiger charge is 2.02. The fraction of sp³-hybridized carbons (Fsp3) is 0.333. The van der Waals surface area contributed by atoms with Gasteiger partial charge in [0.25, 0.3) is 0 Å². The minimum absolute atomic E-state index is 0.431. The van der Waals surface area contributed by atoms with Crippen LogP contribution in [0.25, 0.3) is 0 Å². The third-order valence-electron chi connectivity index (χ3n) is 1.24. The SMILES string of the molecule is CSc1nncc(/C(C)=N/O)n1. The van der Waals surface area contributed by atoms with Gasteiger partial charge in [-0.1, -0.05) is 16.9 Å². The van der Waals surface area contributed by atoms with Gasteiger partial charge in [-0.05, 0) is 13.2 Å². The lowest BCUT2D eigenvalue weighted by Crippen LogP contribution is -2.02. The van der Waals surface area contributed by atoms with E-state index in [1.54, 1.807) is 6.92 Å². The average Bonchev–Trinajstić information content (AvgIpc) is 2.17. The first-order valence-corrected chi connectivity index (χ1v) is 4.43. The van der Waals surface area contributed by atoms with Crippen molar-refractivity contribution < 1.29 is 5.21 Å². The van der Waals surface area contributed by atoms with Crippen LogP contribution < -0.4 is 0 Å². The second kappa shape index (κ2) is 4.01. The third-order valence-corrected chi connectivity index (χ3v) is 1.78. The van der Waals surface area contributed by atoms with Crippen molar-refractivity contribution in [2.24, 2.45) is 5.16 Å². The summed E-state index contributed by atoms with van der Waals surface area (Å²) in [4.78, 5) is 4.06. The first-order valence-electron chi connectivity index (χ1n) is 3.20. The predicted octanol–water partition coefficient (Wildman–Crippen LogP) is 0.792. The molecule has 1 aromatic heterocycles. The van der Waals surface area contributed by atoms with E-state index in [2.05, 4.69) is 20.3 Å². The minimum Gasteiger partial charge on any atom is -0.411 e. The molecule has 0 unspecified atom stereocenters. The molecule has 0 radical (unpaired) electrons. The molecule has 0 bridgehead atoms. The Hall–Kier alpha value is -1.17. The summed E-state index contributed by atoms with van der Waals surface area (Å²) in [7, 11) is 0. The highest BCUT2D eigenvalue weighted by molar-refractivity contribution is 7.98. The summed E-state index contributed by atoms with van der Waals surface area (Å²) in [6.45, 7) is 1.65. The van der Waals surface area contributed by atoms with Gasteiger partial charge in [0.1, 0.15) is 11.4 Å². The molecule has 1 aromatic rings. The second-order valence-electron chi connectivity index (χ2n) is 2.01. The summed E-state index contributed by atoms with van der Waals surface area (Å²) in [5.74, 6) is 0. The van der Waals surface area contributed by atoms with Crippen LogP contribution in [0.4, 0.5) is 0 Å². The lowest BCUT2D eigenvalue weighted by molar-refractivity contribution is 0.319. The van der Waals surface area contributed by atoms with Crippen LogP contribution in [0.3, 0.4) is 0 Å². The van der Waals surface area contributed by atoms with Gasteiger partial charge >= 0.3 is 0 Å². The van der Waals surface area contributed by atoms with Crippen molar-refractivity contribution in [1.82, 2.24) is 15.2 Å². The lowest BCUT2D eigenvalue weighted by Gasteiger charge is -1.96. The van der Waals surface area contributed by atoms with Gasteiger partial charge in [0.2, 0.25) is 5.16 Å². The summed E-state index contributed by atoms with van der Waals surface area (Å²) in [5, 5.41) is 19.5. The largest absolute Gasteiger partial charge is 0.411 e. The zero-order chi connectivity index (χ0) is 8.97. The lowest BCUT2D eigenvalue weighted by atomic mass is 10.3. The van der Waals surface area contributed by atoms with E-state index in [1.807, 2.05) is 6.26 Å². The van der Waals surface area contributed by atoms with Crippen LogP contribution >= 0.6 is 11.8 Å². The number of oxime groups is 1. The Morgan fingerprint density at radius 3 is 3.00 bits per heavy atom. The molecule has 1 rings (SSSR count). The molecule has 0 aliphatic carbocycles. The fourth-order valence-corrected chi connectivity index (χ4v) is 0.918. The number of thioether (sulfide) groups is 1. The van der Waals surface area contributed by atoms with Gasteiger partial charge in [0.15, 0.2) is 0 Å². The van der Waals surface area contributed by atoms with Crippen molar-refractivity contribution in [3.8, 4) is 0 Å². The Balaban J connectivity index is 3.02. The van der Waals surface area contributed by atoms with Gasteiger partial charge in [0.05, 0.1) is 6.20 Å². The molecule has 0 spiro atoms. The molecule has 5 nitrogen and oxygen atoms in total. The first kappa shape index (κ1) is 8.92. The van der Waals surface area contributed by atoms with E-state index in [-0.39, 0.29) is 0 Å². The number of aromatic nitrogens is 3. The highest BCUT2D eigenvalue weighted by Crippen LogP contribution is 2.06. The van der Waals surface area contributed by atoms with E-state index in [0.717, 1.165) is 0 Å². The van der Waals surface area contributed by atoms with E-state index in [4.69, 9.17) is 5.21 Å². The quantitative estimate of drug-likeness (QED) is 0.318. The van der Waals surface area contributed by atoms with Crippen LogP contribution in [-0.2, 0) is 0 Å². The van der Waals surface area contributed by atoms with Gasteiger partial charge in [0, 0.05) is 0 Å². The molecule has 6 heteroatoms.